The molecule has 1 unspecified atom stereocenters. The maximum absolute atomic E-state index is 13.1. The quantitative estimate of drug-likeness (QED) is 0.603. The lowest BCUT2D eigenvalue weighted by atomic mass is 9.97. The first-order chi connectivity index (χ1) is 13.6. The number of benzene rings is 1. The van der Waals surface area contributed by atoms with Crippen LogP contribution in [0.5, 0.6) is 5.75 Å². The number of carbonyl (C=O) groups excluding carboxylic acids is 1. The van der Waals surface area contributed by atoms with Gasteiger partial charge in [0, 0.05) is 17.0 Å². The largest absolute Gasteiger partial charge is 0.489 e. The Labute approximate surface area is 168 Å². The third-order valence-electron chi connectivity index (χ3n) is 5.41. The van der Waals surface area contributed by atoms with Crippen LogP contribution in [-0.4, -0.2) is 22.5 Å². The molecule has 0 spiro atoms. The van der Waals surface area contributed by atoms with Gasteiger partial charge in [0.15, 0.2) is 0 Å². The Morgan fingerprint density at radius 2 is 2.07 bits per heavy atom. The molecule has 3 heterocycles. The van der Waals surface area contributed by atoms with Crippen molar-refractivity contribution in [1.82, 2.24) is 10.1 Å². The molecule has 1 amide bonds. The first-order valence-corrected chi connectivity index (χ1v) is 10.5. The third kappa shape index (κ3) is 3.44. The fourth-order valence-corrected chi connectivity index (χ4v) is 4.73. The summed E-state index contributed by atoms with van der Waals surface area (Å²) in [7, 11) is 0. The molecule has 0 saturated heterocycles. The van der Waals surface area contributed by atoms with Crippen molar-refractivity contribution in [3.05, 3.63) is 68.7 Å². The molecule has 4 rings (SSSR count). The van der Waals surface area contributed by atoms with E-state index < -0.39 is 0 Å². The number of aromatic nitrogens is 1. The number of fused-ring (bicyclic) bond motifs is 1. The van der Waals surface area contributed by atoms with Crippen molar-refractivity contribution in [2.24, 2.45) is 0 Å². The van der Waals surface area contributed by atoms with Gasteiger partial charge < -0.3 is 14.2 Å². The Kier molecular flexibility index (Phi) is 5.22. The zero-order valence-corrected chi connectivity index (χ0v) is 17.2. The molecule has 0 aliphatic carbocycles. The van der Waals surface area contributed by atoms with Crippen LogP contribution in [0.1, 0.15) is 57.2 Å². The Balaban J connectivity index is 1.46. The number of ether oxygens (including phenoxy) is 1. The molecule has 5 nitrogen and oxygen atoms in total. The monoisotopic (exact) mass is 396 g/mol. The Hall–Kier alpha value is -2.60. The van der Waals surface area contributed by atoms with E-state index >= 15 is 0 Å². The van der Waals surface area contributed by atoms with E-state index in [0.29, 0.717) is 12.2 Å². The van der Waals surface area contributed by atoms with Crippen molar-refractivity contribution in [2.45, 2.75) is 46.3 Å². The highest BCUT2D eigenvalue weighted by atomic mass is 32.1. The van der Waals surface area contributed by atoms with Gasteiger partial charge in [-0.05, 0) is 68.0 Å². The van der Waals surface area contributed by atoms with Crippen LogP contribution < -0.4 is 4.74 Å². The number of carbonyl (C=O) groups is 1. The van der Waals surface area contributed by atoms with Crippen LogP contribution in [0, 0.1) is 13.8 Å². The second-order valence-corrected chi connectivity index (χ2v) is 8.09. The molecular weight excluding hydrogens is 372 g/mol. The number of aryl methyl sites for hydroxylation is 2. The van der Waals surface area contributed by atoms with E-state index in [1.165, 1.54) is 10.4 Å². The van der Waals surface area contributed by atoms with Gasteiger partial charge in [-0.2, -0.15) is 0 Å². The van der Waals surface area contributed by atoms with E-state index in [1.54, 1.807) is 11.3 Å². The Morgan fingerprint density at radius 1 is 1.29 bits per heavy atom. The maximum atomic E-state index is 13.1. The van der Waals surface area contributed by atoms with Gasteiger partial charge in [-0.3, -0.25) is 4.79 Å². The highest BCUT2D eigenvalue weighted by molar-refractivity contribution is 7.10. The Morgan fingerprint density at radius 3 is 2.75 bits per heavy atom. The lowest BCUT2D eigenvalue weighted by molar-refractivity contribution is 0.0657. The second kappa shape index (κ2) is 7.80. The van der Waals surface area contributed by atoms with Crippen LogP contribution in [0.4, 0.5) is 0 Å². The fraction of sp³-hybridized carbons (Fsp3) is 0.364. The average Bonchev–Trinajstić information content (AvgIpc) is 3.32. The molecule has 0 radical (unpaired) electrons. The van der Waals surface area contributed by atoms with Gasteiger partial charge in [-0.25, -0.2) is 0 Å². The lowest BCUT2D eigenvalue weighted by Crippen LogP contribution is -2.39. The Bertz CT molecular complexity index is 955. The zero-order valence-electron chi connectivity index (χ0n) is 16.4. The molecule has 6 heteroatoms. The lowest BCUT2D eigenvalue weighted by Gasteiger charge is -2.35. The van der Waals surface area contributed by atoms with Crippen LogP contribution in [0.25, 0.3) is 0 Å². The van der Waals surface area contributed by atoms with Crippen molar-refractivity contribution in [1.29, 1.82) is 0 Å². The van der Waals surface area contributed by atoms with Gasteiger partial charge in [-0.1, -0.05) is 12.1 Å². The summed E-state index contributed by atoms with van der Waals surface area (Å²) in [5.74, 6) is 1.58. The molecule has 0 saturated carbocycles. The molecule has 28 heavy (non-hydrogen) atoms. The van der Waals surface area contributed by atoms with Gasteiger partial charge in [0.1, 0.15) is 18.1 Å². The summed E-state index contributed by atoms with van der Waals surface area (Å²) in [5, 5.41) is 6.07. The SMILES string of the molecule is CCC1c2ccsc2CCN1C(=O)c1ccc(OCc2c(C)noc2C)cc1. The number of hydrogen-bond acceptors (Lipinski definition) is 5. The molecule has 1 aromatic carbocycles. The normalized spacial score (nSPS) is 16.1. The second-order valence-electron chi connectivity index (χ2n) is 7.09. The minimum atomic E-state index is 0.0842. The molecule has 1 atom stereocenters. The number of hydrogen-bond donors (Lipinski definition) is 0. The predicted octanol–water partition coefficient (Wildman–Crippen LogP) is 5.08. The highest BCUT2D eigenvalue weighted by Gasteiger charge is 2.30. The van der Waals surface area contributed by atoms with Crippen LogP contribution in [0.3, 0.4) is 0 Å². The summed E-state index contributed by atoms with van der Waals surface area (Å²) in [5.41, 5.74) is 3.81. The smallest absolute Gasteiger partial charge is 0.254 e. The van der Waals surface area contributed by atoms with Gasteiger partial charge in [0.25, 0.3) is 5.91 Å². The number of amides is 1. The topological polar surface area (TPSA) is 55.6 Å². The van der Waals surface area contributed by atoms with E-state index in [9.17, 15) is 4.79 Å². The van der Waals surface area contributed by atoms with E-state index in [-0.39, 0.29) is 11.9 Å². The standard InChI is InChI=1S/C22H24N2O3S/c1-4-20-18-10-12-28-21(18)9-11-24(20)22(25)16-5-7-17(8-6-16)26-13-19-14(2)23-27-15(19)3/h5-8,10,12,20H,4,9,11,13H2,1-3H3. The third-order valence-corrected chi connectivity index (χ3v) is 6.40. The summed E-state index contributed by atoms with van der Waals surface area (Å²) < 4.78 is 11.0. The number of thiophene rings is 1. The van der Waals surface area contributed by atoms with Crippen molar-refractivity contribution >= 4 is 17.2 Å². The van der Waals surface area contributed by atoms with Crippen molar-refractivity contribution < 1.29 is 14.1 Å². The van der Waals surface area contributed by atoms with E-state index in [4.69, 9.17) is 9.26 Å². The number of nitrogens with zero attached hydrogens (tertiary/aromatic N) is 2. The molecule has 1 aliphatic rings. The molecule has 0 fully saturated rings. The minimum Gasteiger partial charge on any atom is -0.489 e. The minimum absolute atomic E-state index is 0.0842. The fourth-order valence-electron chi connectivity index (χ4n) is 3.80. The van der Waals surface area contributed by atoms with E-state index in [2.05, 4.69) is 23.5 Å². The molecule has 1 aliphatic heterocycles. The summed E-state index contributed by atoms with van der Waals surface area (Å²) in [6.45, 7) is 7.10. The maximum Gasteiger partial charge on any atom is 0.254 e. The highest BCUT2D eigenvalue weighted by Crippen LogP contribution is 2.36. The van der Waals surface area contributed by atoms with Crippen molar-refractivity contribution in [3.8, 4) is 5.75 Å². The molecule has 146 valence electrons. The van der Waals surface area contributed by atoms with Gasteiger partial charge in [0.05, 0.1) is 17.3 Å². The van der Waals surface area contributed by atoms with Gasteiger partial charge in [0.2, 0.25) is 0 Å². The first-order valence-electron chi connectivity index (χ1n) is 9.60. The molecule has 2 aromatic heterocycles. The molecule has 0 bridgehead atoms. The first kappa shape index (κ1) is 18.7. The number of rotatable bonds is 5. The van der Waals surface area contributed by atoms with Gasteiger partial charge in [-0.15, -0.1) is 11.3 Å². The van der Waals surface area contributed by atoms with Crippen LogP contribution in [0.15, 0.2) is 40.2 Å². The van der Waals surface area contributed by atoms with E-state index in [1.807, 2.05) is 43.0 Å². The summed E-state index contributed by atoms with van der Waals surface area (Å²) in [6.07, 6.45) is 1.86. The van der Waals surface area contributed by atoms with Crippen LogP contribution in [-0.2, 0) is 13.0 Å². The van der Waals surface area contributed by atoms with E-state index in [0.717, 1.165) is 42.2 Å². The van der Waals surface area contributed by atoms with Crippen molar-refractivity contribution in [2.75, 3.05) is 6.54 Å². The van der Waals surface area contributed by atoms with Crippen LogP contribution in [0.2, 0.25) is 0 Å². The zero-order chi connectivity index (χ0) is 19.7. The van der Waals surface area contributed by atoms with Gasteiger partial charge >= 0.3 is 0 Å². The predicted molar refractivity (Wildman–Crippen MR) is 109 cm³/mol. The summed E-state index contributed by atoms with van der Waals surface area (Å²) >= 11 is 1.80. The summed E-state index contributed by atoms with van der Waals surface area (Å²) in [4.78, 5) is 16.5. The van der Waals surface area contributed by atoms with Crippen molar-refractivity contribution in [3.63, 3.8) is 0 Å². The van der Waals surface area contributed by atoms with Crippen LogP contribution >= 0.6 is 11.3 Å². The average molecular weight is 397 g/mol. The molecule has 0 N–H and O–H groups in total. The summed E-state index contributed by atoms with van der Waals surface area (Å²) in [6, 6.07) is 9.73. The molecular formula is C22H24N2O3S. The molecule has 3 aromatic rings.